The van der Waals surface area contributed by atoms with E-state index < -0.39 is 0 Å². The maximum Gasteiger partial charge on any atom is 0.128 e. The molecule has 4 heteroatoms. The molecule has 0 spiro atoms. The molecule has 1 rings (SSSR count). The Bertz CT molecular complexity index is 187. The Labute approximate surface area is 71.9 Å². The van der Waals surface area contributed by atoms with Gasteiger partial charge in [0.15, 0.2) is 0 Å². The molecule has 0 radical (unpaired) electrons. The Balaban J connectivity index is 1.96. The monoisotopic (exact) mass is 170 g/mol. The summed E-state index contributed by atoms with van der Waals surface area (Å²) in [7, 11) is 1.71. The Hall–Kier alpha value is -0.870. The first kappa shape index (κ1) is 9.22. The average molecular weight is 170 g/mol. The molecular weight excluding hydrogens is 156 g/mol. The van der Waals surface area contributed by atoms with Crippen LogP contribution in [0.2, 0.25) is 0 Å². The quantitative estimate of drug-likeness (QED) is 0.641. The van der Waals surface area contributed by atoms with Gasteiger partial charge in [0.2, 0.25) is 0 Å². The molecular formula is C8H14N2O2. The molecule has 0 unspecified atom stereocenters. The van der Waals surface area contributed by atoms with Crippen molar-refractivity contribution >= 4 is 0 Å². The summed E-state index contributed by atoms with van der Waals surface area (Å²) in [5, 5.41) is 6.84. The van der Waals surface area contributed by atoms with Crippen molar-refractivity contribution in [2.24, 2.45) is 0 Å². The van der Waals surface area contributed by atoms with Crippen LogP contribution in [0.3, 0.4) is 0 Å². The first-order valence-corrected chi connectivity index (χ1v) is 4.01. The lowest BCUT2D eigenvalue weighted by Crippen LogP contribution is -2.15. The van der Waals surface area contributed by atoms with Gasteiger partial charge in [0.1, 0.15) is 6.26 Å². The van der Waals surface area contributed by atoms with Crippen LogP contribution in [0.5, 0.6) is 0 Å². The van der Waals surface area contributed by atoms with Crippen LogP contribution in [0.1, 0.15) is 12.0 Å². The number of hydrogen-bond acceptors (Lipinski definition) is 4. The molecule has 0 aliphatic rings. The molecule has 1 N–H and O–H groups in total. The smallest absolute Gasteiger partial charge is 0.128 e. The Morgan fingerprint density at radius 3 is 3.25 bits per heavy atom. The topological polar surface area (TPSA) is 47.3 Å². The van der Waals surface area contributed by atoms with Gasteiger partial charge in [-0.1, -0.05) is 5.16 Å². The van der Waals surface area contributed by atoms with E-state index in [0.29, 0.717) is 0 Å². The zero-order valence-electron chi connectivity index (χ0n) is 7.25. The molecule has 0 aromatic carbocycles. The van der Waals surface area contributed by atoms with Crippen molar-refractivity contribution in [2.45, 2.75) is 13.0 Å². The molecule has 0 amide bonds. The molecule has 1 aromatic rings. The van der Waals surface area contributed by atoms with Gasteiger partial charge in [0, 0.05) is 25.8 Å². The van der Waals surface area contributed by atoms with Crippen molar-refractivity contribution in [2.75, 3.05) is 20.3 Å². The summed E-state index contributed by atoms with van der Waals surface area (Å²) in [6.45, 7) is 2.57. The third kappa shape index (κ3) is 3.50. The third-order valence-electron chi connectivity index (χ3n) is 1.51. The van der Waals surface area contributed by atoms with Crippen molar-refractivity contribution < 1.29 is 9.26 Å². The number of methoxy groups -OCH3 is 1. The molecule has 0 bridgehead atoms. The minimum absolute atomic E-state index is 0.802. The summed E-state index contributed by atoms with van der Waals surface area (Å²) < 4.78 is 9.59. The Morgan fingerprint density at radius 2 is 2.58 bits per heavy atom. The first-order valence-electron chi connectivity index (χ1n) is 4.01. The van der Waals surface area contributed by atoms with Gasteiger partial charge in [0.05, 0.1) is 6.20 Å². The molecule has 0 fully saturated rings. The van der Waals surface area contributed by atoms with Gasteiger partial charge in [-0.25, -0.2) is 0 Å². The number of rotatable bonds is 6. The number of aromatic nitrogens is 1. The highest BCUT2D eigenvalue weighted by Gasteiger charge is 1.93. The highest BCUT2D eigenvalue weighted by molar-refractivity contribution is 4.98. The van der Waals surface area contributed by atoms with Crippen LogP contribution in [0.4, 0.5) is 0 Å². The van der Waals surface area contributed by atoms with Gasteiger partial charge in [-0.05, 0) is 13.0 Å². The van der Waals surface area contributed by atoms with E-state index >= 15 is 0 Å². The molecule has 4 nitrogen and oxygen atoms in total. The number of nitrogens with zero attached hydrogens (tertiary/aromatic N) is 1. The molecule has 68 valence electrons. The highest BCUT2D eigenvalue weighted by atomic mass is 16.5. The van der Waals surface area contributed by atoms with Crippen LogP contribution in [0.25, 0.3) is 0 Å². The molecule has 0 atom stereocenters. The van der Waals surface area contributed by atoms with Crippen LogP contribution >= 0.6 is 0 Å². The van der Waals surface area contributed by atoms with Gasteiger partial charge in [-0.15, -0.1) is 0 Å². The number of hydrogen-bond donors (Lipinski definition) is 1. The van der Waals surface area contributed by atoms with E-state index in [0.717, 1.165) is 31.7 Å². The largest absolute Gasteiger partial charge is 0.385 e. The molecule has 0 saturated heterocycles. The summed E-state index contributed by atoms with van der Waals surface area (Å²) in [6, 6.07) is 0. The van der Waals surface area contributed by atoms with Crippen molar-refractivity contribution in [1.29, 1.82) is 0 Å². The minimum atomic E-state index is 0.802. The van der Waals surface area contributed by atoms with Crippen molar-refractivity contribution in [3.63, 3.8) is 0 Å². The lowest BCUT2D eigenvalue weighted by atomic mass is 10.3. The Morgan fingerprint density at radius 1 is 1.67 bits per heavy atom. The summed E-state index contributed by atoms with van der Waals surface area (Å²) >= 11 is 0. The summed E-state index contributed by atoms with van der Waals surface area (Å²) in [5.74, 6) is 0. The van der Waals surface area contributed by atoms with Crippen molar-refractivity contribution in [3.8, 4) is 0 Å². The summed E-state index contributed by atoms with van der Waals surface area (Å²) in [5.41, 5.74) is 1.08. The second-order valence-electron chi connectivity index (χ2n) is 2.56. The van der Waals surface area contributed by atoms with E-state index in [9.17, 15) is 0 Å². The zero-order chi connectivity index (χ0) is 8.65. The van der Waals surface area contributed by atoms with Crippen LogP contribution in [0.15, 0.2) is 17.0 Å². The maximum atomic E-state index is 4.91. The van der Waals surface area contributed by atoms with Gasteiger partial charge < -0.3 is 14.6 Å². The standard InChI is InChI=1S/C8H14N2O2/c1-11-4-2-3-9-5-8-6-10-12-7-8/h6-7,9H,2-5H2,1H3. The summed E-state index contributed by atoms with van der Waals surface area (Å²) in [4.78, 5) is 0. The fourth-order valence-electron chi connectivity index (χ4n) is 0.888. The third-order valence-corrected chi connectivity index (χ3v) is 1.51. The number of nitrogens with one attached hydrogen (secondary N) is 1. The van der Waals surface area contributed by atoms with Gasteiger partial charge in [-0.3, -0.25) is 0 Å². The van der Waals surface area contributed by atoms with Gasteiger partial charge in [-0.2, -0.15) is 0 Å². The van der Waals surface area contributed by atoms with Crippen LogP contribution in [0, 0.1) is 0 Å². The predicted molar refractivity (Wildman–Crippen MR) is 44.7 cm³/mol. The number of ether oxygens (including phenoxy) is 1. The summed E-state index contributed by atoms with van der Waals surface area (Å²) in [6.07, 6.45) is 4.38. The molecule has 0 aliphatic heterocycles. The fourth-order valence-corrected chi connectivity index (χ4v) is 0.888. The maximum absolute atomic E-state index is 4.91. The second kappa shape index (κ2) is 5.74. The molecule has 12 heavy (non-hydrogen) atoms. The first-order chi connectivity index (χ1) is 5.93. The molecule has 1 heterocycles. The van der Waals surface area contributed by atoms with Crippen molar-refractivity contribution in [3.05, 3.63) is 18.0 Å². The fraction of sp³-hybridized carbons (Fsp3) is 0.625. The normalized spacial score (nSPS) is 10.4. The SMILES string of the molecule is COCCCNCc1cnoc1. The Kier molecular flexibility index (Phi) is 4.41. The predicted octanol–water partition coefficient (Wildman–Crippen LogP) is 0.801. The van der Waals surface area contributed by atoms with Crippen LogP contribution < -0.4 is 5.32 Å². The lowest BCUT2D eigenvalue weighted by molar-refractivity contribution is 0.194. The molecule has 0 saturated carbocycles. The minimum Gasteiger partial charge on any atom is -0.385 e. The van der Waals surface area contributed by atoms with E-state index in [4.69, 9.17) is 4.74 Å². The van der Waals surface area contributed by atoms with E-state index in [-0.39, 0.29) is 0 Å². The lowest BCUT2D eigenvalue weighted by Gasteiger charge is -2.00. The van der Waals surface area contributed by atoms with Gasteiger partial charge in [0.25, 0.3) is 0 Å². The van der Waals surface area contributed by atoms with E-state index in [1.165, 1.54) is 0 Å². The van der Waals surface area contributed by atoms with E-state index in [1.54, 1.807) is 19.6 Å². The second-order valence-corrected chi connectivity index (χ2v) is 2.56. The molecule has 0 aliphatic carbocycles. The van der Waals surface area contributed by atoms with E-state index in [1.807, 2.05) is 0 Å². The zero-order valence-corrected chi connectivity index (χ0v) is 7.25. The van der Waals surface area contributed by atoms with Crippen LogP contribution in [-0.4, -0.2) is 25.4 Å². The average Bonchev–Trinajstić information content (AvgIpc) is 2.57. The van der Waals surface area contributed by atoms with Gasteiger partial charge >= 0.3 is 0 Å². The molecule has 1 aromatic heterocycles. The van der Waals surface area contributed by atoms with E-state index in [2.05, 4.69) is 15.0 Å². The van der Waals surface area contributed by atoms with Crippen LogP contribution in [-0.2, 0) is 11.3 Å². The van der Waals surface area contributed by atoms with Crippen molar-refractivity contribution in [1.82, 2.24) is 10.5 Å². The highest BCUT2D eigenvalue weighted by Crippen LogP contribution is 1.94.